The molecule has 3 rings (SSSR count). The quantitative estimate of drug-likeness (QED) is 0.656. The molecule has 0 radical (unpaired) electrons. The van der Waals surface area contributed by atoms with Crippen molar-refractivity contribution in [3.63, 3.8) is 0 Å². The van der Waals surface area contributed by atoms with Crippen LogP contribution in [0.15, 0.2) is 30.3 Å². The smallest absolute Gasteiger partial charge is 0.269 e. The Hall–Kier alpha value is -1.85. The zero-order valence-electron chi connectivity index (χ0n) is 10.2. The summed E-state index contributed by atoms with van der Waals surface area (Å²) < 4.78 is 0. The maximum absolute atomic E-state index is 10.6. The highest BCUT2D eigenvalue weighted by atomic mass is 35.5. The number of fused-ring (bicyclic) bond motifs is 1. The van der Waals surface area contributed by atoms with Crippen molar-refractivity contribution in [2.45, 2.75) is 13.0 Å². The molecule has 0 saturated carbocycles. The number of nitro benzene ring substituents is 1. The molecule has 1 aliphatic rings. The van der Waals surface area contributed by atoms with Gasteiger partial charge in [-0.25, -0.2) is 0 Å². The molecule has 0 spiro atoms. The lowest BCUT2D eigenvalue weighted by atomic mass is 10.1. The molecule has 0 bridgehead atoms. The van der Waals surface area contributed by atoms with E-state index in [9.17, 15) is 10.1 Å². The van der Waals surface area contributed by atoms with Crippen LogP contribution in [0.25, 0.3) is 11.3 Å². The number of nitrogens with zero attached hydrogens (tertiary/aromatic N) is 1. The molecule has 2 aromatic rings. The van der Waals surface area contributed by atoms with Crippen molar-refractivity contribution in [3.8, 4) is 11.3 Å². The van der Waals surface area contributed by atoms with Crippen molar-refractivity contribution in [1.82, 2.24) is 10.3 Å². The van der Waals surface area contributed by atoms with Gasteiger partial charge in [0.25, 0.3) is 5.69 Å². The molecule has 1 aromatic carbocycles. The van der Waals surface area contributed by atoms with Crippen molar-refractivity contribution < 1.29 is 4.92 Å². The number of rotatable bonds is 2. The number of non-ortho nitro benzene ring substituents is 1. The van der Waals surface area contributed by atoms with Gasteiger partial charge in [-0.3, -0.25) is 10.1 Å². The van der Waals surface area contributed by atoms with Crippen LogP contribution in [0, 0.1) is 10.1 Å². The van der Waals surface area contributed by atoms with Crippen LogP contribution in [-0.2, 0) is 13.0 Å². The fourth-order valence-electron chi connectivity index (χ4n) is 2.28. The molecule has 1 aromatic heterocycles. The van der Waals surface area contributed by atoms with E-state index in [1.807, 2.05) is 0 Å². The fraction of sp³-hybridized carbons (Fsp3) is 0.231. The van der Waals surface area contributed by atoms with E-state index in [0.29, 0.717) is 0 Å². The van der Waals surface area contributed by atoms with Gasteiger partial charge in [0.05, 0.1) is 4.92 Å². The molecule has 0 unspecified atom stereocenters. The first-order chi connectivity index (χ1) is 8.74. The summed E-state index contributed by atoms with van der Waals surface area (Å²) in [4.78, 5) is 13.6. The highest BCUT2D eigenvalue weighted by Gasteiger charge is 2.13. The lowest BCUT2D eigenvalue weighted by Gasteiger charge is -2.11. The van der Waals surface area contributed by atoms with Crippen molar-refractivity contribution >= 4 is 18.1 Å². The van der Waals surface area contributed by atoms with Gasteiger partial charge < -0.3 is 10.3 Å². The van der Waals surface area contributed by atoms with Gasteiger partial charge in [0, 0.05) is 43.0 Å². The standard InChI is InChI=1S/C13H13N3O2.ClH/c17-16(18)11-3-1-9(2-4-11)13-7-10-8-14-6-5-12(10)15-13;/h1-4,7,14-15H,5-6,8H2;1H. The Kier molecular flexibility index (Phi) is 3.87. The highest BCUT2D eigenvalue weighted by molar-refractivity contribution is 5.85. The molecule has 0 amide bonds. The summed E-state index contributed by atoms with van der Waals surface area (Å²) in [5, 5.41) is 13.9. The number of benzene rings is 1. The molecule has 2 N–H and O–H groups in total. The summed E-state index contributed by atoms with van der Waals surface area (Å²) >= 11 is 0. The zero-order valence-corrected chi connectivity index (χ0v) is 11.0. The van der Waals surface area contributed by atoms with Crippen LogP contribution in [0.3, 0.4) is 0 Å². The predicted octanol–water partition coefficient (Wildman–Crippen LogP) is 2.66. The average molecular weight is 280 g/mol. The largest absolute Gasteiger partial charge is 0.358 e. The van der Waals surface area contributed by atoms with Crippen LogP contribution < -0.4 is 5.32 Å². The van der Waals surface area contributed by atoms with E-state index in [1.54, 1.807) is 12.1 Å². The van der Waals surface area contributed by atoms with Gasteiger partial charge in [0.1, 0.15) is 0 Å². The number of H-pyrrole nitrogens is 1. The normalized spacial score (nSPS) is 13.5. The molecule has 1 aliphatic heterocycles. The van der Waals surface area contributed by atoms with E-state index in [4.69, 9.17) is 0 Å². The molecule has 5 nitrogen and oxygen atoms in total. The van der Waals surface area contributed by atoms with E-state index in [0.717, 1.165) is 30.8 Å². The highest BCUT2D eigenvalue weighted by Crippen LogP contribution is 2.25. The molecule has 100 valence electrons. The summed E-state index contributed by atoms with van der Waals surface area (Å²) in [6, 6.07) is 8.75. The third-order valence-electron chi connectivity index (χ3n) is 3.25. The summed E-state index contributed by atoms with van der Waals surface area (Å²) in [6.45, 7) is 1.88. The lowest BCUT2D eigenvalue weighted by molar-refractivity contribution is -0.384. The van der Waals surface area contributed by atoms with Crippen LogP contribution in [0.4, 0.5) is 5.69 Å². The number of halogens is 1. The van der Waals surface area contributed by atoms with Crippen molar-refractivity contribution in [3.05, 3.63) is 51.7 Å². The minimum Gasteiger partial charge on any atom is -0.358 e. The number of aromatic nitrogens is 1. The van der Waals surface area contributed by atoms with Gasteiger partial charge in [-0.15, -0.1) is 12.4 Å². The van der Waals surface area contributed by atoms with Crippen molar-refractivity contribution in [2.75, 3.05) is 6.54 Å². The van der Waals surface area contributed by atoms with Gasteiger partial charge in [-0.1, -0.05) is 0 Å². The predicted molar refractivity (Wildman–Crippen MR) is 75.5 cm³/mol. The van der Waals surface area contributed by atoms with Crippen molar-refractivity contribution in [2.24, 2.45) is 0 Å². The average Bonchev–Trinajstić information content (AvgIpc) is 2.82. The monoisotopic (exact) mass is 279 g/mol. The summed E-state index contributed by atoms with van der Waals surface area (Å²) in [5.74, 6) is 0. The summed E-state index contributed by atoms with van der Waals surface area (Å²) in [7, 11) is 0. The number of nitro groups is 1. The minimum atomic E-state index is -0.382. The van der Waals surface area contributed by atoms with Crippen LogP contribution in [-0.4, -0.2) is 16.5 Å². The van der Waals surface area contributed by atoms with E-state index in [2.05, 4.69) is 16.4 Å². The molecule has 0 fully saturated rings. The molecule has 19 heavy (non-hydrogen) atoms. The number of hydrogen-bond acceptors (Lipinski definition) is 3. The van der Waals surface area contributed by atoms with Crippen LogP contribution in [0.2, 0.25) is 0 Å². The molecule has 0 aliphatic carbocycles. The first kappa shape index (κ1) is 13.6. The van der Waals surface area contributed by atoms with E-state index in [-0.39, 0.29) is 23.0 Å². The van der Waals surface area contributed by atoms with Gasteiger partial charge in [0.2, 0.25) is 0 Å². The number of nitrogens with one attached hydrogen (secondary N) is 2. The second-order valence-corrected chi connectivity index (χ2v) is 4.42. The third-order valence-corrected chi connectivity index (χ3v) is 3.25. The topological polar surface area (TPSA) is 71.0 Å². The van der Waals surface area contributed by atoms with E-state index < -0.39 is 0 Å². The van der Waals surface area contributed by atoms with Gasteiger partial charge in [0.15, 0.2) is 0 Å². The lowest BCUT2D eigenvalue weighted by Crippen LogP contribution is -2.22. The van der Waals surface area contributed by atoms with Crippen LogP contribution in [0.1, 0.15) is 11.3 Å². The molecule has 6 heteroatoms. The van der Waals surface area contributed by atoms with Crippen LogP contribution >= 0.6 is 12.4 Å². The summed E-state index contributed by atoms with van der Waals surface area (Å²) in [6.07, 6.45) is 1.00. The number of aromatic amines is 1. The molecule has 0 atom stereocenters. The van der Waals surface area contributed by atoms with E-state index in [1.165, 1.54) is 23.4 Å². The molecular weight excluding hydrogens is 266 g/mol. The van der Waals surface area contributed by atoms with Gasteiger partial charge in [-0.2, -0.15) is 0 Å². The van der Waals surface area contributed by atoms with Gasteiger partial charge >= 0.3 is 0 Å². The Balaban J connectivity index is 0.00000133. The third kappa shape index (κ3) is 2.62. The van der Waals surface area contributed by atoms with Gasteiger partial charge in [-0.05, 0) is 29.3 Å². The SMILES string of the molecule is Cl.O=[N+]([O-])c1ccc(-c2cc3c([nH]2)CCNC3)cc1. The minimum absolute atomic E-state index is 0. The van der Waals surface area contributed by atoms with Crippen LogP contribution in [0.5, 0.6) is 0 Å². The second-order valence-electron chi connectivity index (χ2n) is 4.42. The first-order valence-electron chi connectivity index (χ1n) is 5.90. The fourth-order valence-corrected chi connectivity index (χ4v) is 2.28. The first-order valence-corrected chi connectivity index (χ1v) is 5.90. The molecular formula is C13H14ClN3O2. The maximum atomic E-state index is 10.6. The molecule has 2 heterocycles. The molecule has 0 saturated heterocycles. The Morgan fingerprint density at radius 1 is 1.21 bits per heavy atom. The Labute approximate surface area is 116 Å². The maximum Gasteiger partial charge on any atom is 0.269 e. The summed E-state index contributed by atoms with van der Waals surface area (Å²) in [5.41, 5.74) is 4.68. The Morgan fingerprint density at radius 2 is 1.95 bits per heavy atom. The Morgan fingerprint density at radius 3 is 2.58 bits per heavy atom. The second kappa shape index (κ2) is 5.42. The zero-order chi connectivity index (χ0) is 12.5. The van der Waals surface area contributed by atoms with E-state index >= 15 is 0 Å². The van der Waals surface area contributed by atoms with Crippen molar-refractivity contribution in [1.29, 1.82) is 0 Å². The Bertz CT molecular complexity index is 569. The number of hydrogen-bond donors (Lipinski definition) is 2.